The fourth-order valence-corrected chi connectivity index (χ4v) is 2.44. The molecule has 1 aliphatic carbocycles. The third kappa shape index (κ3) is 1.06. The van der Waals surface area contributed by atoms with Gasteiger partial charge in [0, 0.05) is 24.9 Å². The molecule has 0 spiro atoms. The first-order chi connectivity index (χ1) is 5.12. The number of nitrogens with zero attached hydrogens (tertiary/aromatic N) is 1. The second kappa shape index (κ2) is 2.16. The summed E-state index contributed by atoms with van der Waals surface area (Å²) < 4.78 is 25.5. The van der Waals surface area contributed by atoms with Gasteiger partial charge in [0.25, 0.3) is 5.92 Å². The van der Waals surface area contributed by atoms with E-state index in [4.69, 9.17) is 0 Å². The van der Waals surface area contributed by atoms with Gasteiger partial charge in [-0.1, -0.05) is 6.92 Å². The minimum atomic E-state index is -2.36. The molecule has 11 heavy (non-hydrogen) atoms. The van der Waals surface area contributed by atoms with Crippen molar-refractivity contribution in [2.45, 2.75) is 44.2 Å². The van der Waals surface area contributed by atoms with Crippen molar-refractivity contribution in [1.82, 2.24) is 4.90 Å². The number of hydrogen-bond donors (Lipinski definition) is 0. The van der Waals surface area contributed by atoms with Crippen LogP contribution in [-0.2, 0) is 0 Å². The van der Waals surface area contributed by atoms with Crippen LogP contribution >= 0.6 is 0 Å². The highest BCUT2D eigenvalue weighted by molar-refractivity contribution is 5.02. The van der Waals surface area contributed by atoms with Gasteiger partial charge in [0.1, 0.15) is 0 Å². The standard InChI is InChI=1S/C8H13F2N/c1-2-11-6-3-7(11)5-8(9,10)4-6/h6-7H,2-5H2,1H3. The average Bonchev–Trinajstić information content (AvgIpc) is 1.85. The van der Waals surface area contributed by atoms with E-state index < -0.39 is 5.92 Å². The molecule has 2 saturated heterocycles. The minimum absolute atomic E-state index is 0.0946. The highest BCUT2D eigenvalue weighted by atomic mass is 19.3. The van der Waals surface area contributed by atoms with Crippen molar-refractivity contribution in [3.8, 4) is 0 Å². The molecule has 3 heteroatoms. The number of hydrogen-bond acceptors (Lipinski definition) is 1. The molecular formula is C8H13F2N. The first-order valence-electron chi connectivity index (χ1n) is 4.26. The zero-order valence-corrected chi connectivity index (χ0v) is 6.69. The lowest BCUT2D eigenvalue weighted by molar-refractivity contribution is -0.155. The van der Waals surface area contributed by atoms with Crippen molar-refractivity contribution in [3.63, 3.8) is 0 Å². The Morgan fingerprint density at radius 2 is 1.91 bits per heavy atom. The molecule has 0 aromatic carbocycles. The molecule has 0 N–H and O–H groups in total. The van der Waals surface area contributed by atoms with Crippen LogP contribution in [0.15, 0.2) is 0 Å². The first-order valence-corrected chi connectivity index (χ1v) is 4.26. The summed E-state index contributed by atoms with van der Waals surface area (Å²) in [5.74, 6) is -2.36. The Kier molecular flexibility index (Phi) is 1.46. The molecule has 0 aromatic rings. The smallest absolute Gasteiger partial charge is 0.251 e. The van der Waals surface area contributed by atoms with Crippen molar-refractivity contribution in [1.29, 1.82) is 0 Å². The van der Waals surface area contributed by atoms with Crippen LogP contribution in [0.5, 0.6) is 0 Å². The van der Waals surface area contributed by atoms with Gasteiger partial charge in [0.15, 0.2) is 0 Å². The number of rotatable bonds is 1. The van der Waals surface area contributed by atoms with Gasteiger partial charge >= 0.3 is 0 Å². The second-order valence-electron chi connectivity index (χ2n) is 3.64. The predicted octanol–water partition coefficient (Wildman–Crippen LogP) is 1.88. The van der Waals surface area contributed by atoms with Gasteiger partial charge in [-0.15, -0.1) is 0 Å². The zero-order valence-electron chi connectivity index (χ0n) is 6.69. The summed E-state index contributed by atoms with van der Waals surface area (Å²) in [5, 5.41) is 0. The van der Waals surface area contributed by atoms with Gasteiger partial charge in [0.2, 0.25) is 0 Å². The van der Waals surface area contributed by atoms with Crippen LogP contribution < -0.4 is 0 Å². The van der Waals surface area contributed by atoms with Crippen LogP contribution in [0.1, 0.15) is 26.2 Å². The lowest BCUT2D eigenvalue weighted by Crippen LogP contribution is -2.63. The summed E-state index contributed by atoms with van der Waals surface area (Å²) in [6.07, 6.45) is 1.19. The molecule has 1 nitrogen and oxygen atoms in total. The molecular weight excluding hydrogens is 148 g/mol. The maximum Gasteiger partial charge on any atom is 0.251 e. The van der Waals surface area contributed by atoms with Gasteiger partial charge in [-0.05, 0) is 13.0 Å². The molecule has 3 aliphatic rings. The summed E-state index contributed by atoms with van der Waals surface area (Å²) in [6.45, 7) is 2.98. The van der Waals surface area contributed by atoms with Crippen molar-refractivity contribution < 1.29 is 8.78 Å². The Morgan fingerprint density at radius 3 is 2.36 bits per heavy atom. The highest BCUT2D eigenvalue weighted by Gasteiger charge is 2.52. The molecule has 1 saturated carbocycles. The van der Waals surface area contributed by atoms with Crippen LogP contribution in [0.25, 0.3) is 0 Å². The molecule has 64 valence electrons. The predicted molar refractivity (Wildman–Crippen MR) is 38.8 cm³/mol. The van der Waals surface area contributed by atoms with Gasteiger partial charge < -0.3 is 0 Å². The molecule has 2 bridgehead atoms. The number of fused-ring (bicyclic) bond motifs is 2. The SMILES string of the molecule is CCN1C2CC1CC(F)(F)C2. The number of halogens is 2. The maximum absolute atomic E-state index is 12.8. The fraction of sp³-hybridized carbons (Fsp3) is 1.00. The number of piperidine rings is 1. The van der Waals surface area contributed by atoms with Gasteiger partial charge in [-0.2, -0.15) is 0 Å². The van der Waals surface area contributed by atoms with Crippen LogP contribution in [-0.4, -0.2) is 29.5 Å². The van der Waals surface area contributed by atoms with E-state index in [2.05, 4.69) is 4.90 Å². The van der Waals surface area contributed by atoms with Gasteiger partial charge in [-0.3, -0.25) is 4.90 Å². The van der Waals surface area contributed by atoms with E-state index in [1.165, 1.54) is 0 Å². The summed E-state index contributed by atoms with van der Waals surface area (Å²) in [6, 6.07) is 0.377. The Balaban J connectivity index is 2.02. The second-order valence-corrected chi connectivity index (χ2v) is 3.64. The minimum Gasteiger partial charge on any atom is -0.297 e. The van der Waals surface area contributed by atoms with Gasteiger partial charge in [-0.25, -0.2) is 8.78 Å². The largest absolute Gasteiger partial charge is 0.297 e. The summed E-state index contributed by atoms with van der Waals surface area (Å²) in [4.78, 5) is 2.19. The summed E-state index contributed by atoms with van der Waals surface area (Å²) in [7, 11) is 0. The highest BCUT2D eigenvalue weighted by Crippen LogP contribution is 2.45. The van der Waals surface area contributed by atoms with Crippen molar-refractivity contribution in [3.05, 3.63) is 0 Å². The topological polar surface area (TPSA) is 3.24 Å². The third-order valence-corrected chi connectivity index (χ3v) is 2.92. The maximum atomic E-state index is 12.8. The summed E-state index contributed by atoms with van der Waals surface area (Å²) in [5.41, 5.74) is 0. The normalized spacial score (nSPS) is 41.7. The van der Waals surface area contributed by atoms with E-state index >= 15 is 0 Å². The Hall–Kier alpha value is -0.180. The molecule has 2 heterocycles. The monoisotopic (exact) mass is 161 g/mol. The van der Waals surface area contributed by atoms with E-state index in [-0.39, 0.29) is 24.9 Å². The lowest BCUT2D eigenvalue weighted by atomic mass is 9.77. The molecule has 3 rings (SSSR count). The van der Waals surface area contributed by atoms with Crippen molar-refractivity contribution in [2.75, 3.05) is 6.54 Å². The van der Waals surface area contributed by atoms with Crippen LogP contribution in [0, 0.1) is 0 Å². The summed E-state index contributed by atoms with van der Waals surface area (Å²) >= 11 is 0. The number of alkyl halides is 2. The Morgan fingerprint density at radius 1 is 1.36 bits per heavy atom. The molecule has 2 atom stereocenters. The molecule has 0 amide bonds. The third-order valence-electron chi connectivity index (χ3n) is 2.92. The lowest BCUT2D eigenvalue weighted by Gasteiger charge is -2.54. The zero-order chi connectivity index (χ0) is 8.06. The quantitative estimate of drug-likeness (QED) is 0.567. The molecule has 0 aromatic heterocycles. The molecule has 2 unspecified atom stereocenters. The average molecular weight is 161 g/mol. The van der Waals surface area contributed by atoms with Crippen LogP contribution in [0.2, 0.25) is 0 Å². The Labute approximate surface area is 65.4 Å². The molecule has 2 aliphatic heterocycles. The van der Waals surface area contributed by atoms with E-state index in [1.54, 1.807) is 0 Å². The van der Waals surface area contributed by atoms with Crippen LogP contribution in [0.4, 0.5) is 8.78 Å². The van der Waals surface area contributed by atoms with E-state index in [0.717, 1.165) is 13.0 Å². The van der Waals surface area contributed by atoms with Crippen LogP contribution in [0.3, 0.4) is 0 Å². The first kappa shape index (κ1) is 7.47. The molecule has 0 radical (unpaired) electrons. The fourth-order valence-electron chi connectivity index (χ4n) is 2.44. The van der Waals surface area contributed by atoms with Crippen molar-refractivity contribution in [2.24, 2.45) is 0 Å². The molecule has 3 fully saturated rings. The van der Waals surface area contributed by atoms with E-state index in [9.17, 15) is 8.78 Å². The Bertz CT molecular complexity index is 155. The van der Waals surface area contributed by atoms with E-state index in [1.807, 2.05) is 6.92 Å². The van der Waals surface area contributed by atoms with Gasteiger partial charge in [0.05, 0.1) is 0 Å². The van der Waals surface area contributed by atoms with Crippen molar-refractivity contribution >= 4 is 0 Å². The van der Waals surface area contributed by atoms with E-state index in [0.29, 0.717) is 0 Å².